The van der Waals surface area contributed by atoms with Crippen molar-refractivity contribution in [2.75, 3.05) is 20.1 Å². The number of aryl methyl sites for hydroxylation is 2. The van der Waals surface area contributed by atoms with Gasteiger partial charge in [-0.3, -0.25) is 4.99 Å². The Bertz CT molecular complexity index is 733. The quantitative estimate of drug-likeness (QED) is 0.236. The number of halogens is 1. The summed E-state index contributed by atoms with van der Waals surface area (Å²) in [5.41, 5.74) is 1.13. The van der Waals surface area contributed by atoms with Gasteiger partial charge in [-0.2, -0.15) is 4.98 Å². The van der Waals surface area contributed by atoms with Gasteiger partial charge in [-0.1, -0.05) is 37.2 Å². The number of nitrogens with zero attached hydrogens (tertiary/aromatic N) is 3. The number of hydrogen-bond donors (Lipinski definition) is 2. The molecule has 1 aromatic carbocycles. The number of aliphatic imine (C=N–C) groups is 1. The Morgan fingerprint density at radius 3 is 2.61 bits per heavy atom. The van der Waals surface area contributed by atoms with Gasteiger partial charge in [-0.05, 0) is 31.9 Å². The molecule has 0 fully saturated rings. The van der Waals surface area contributed by atoms with Crippen LogP contribution >= 0.6 is 24.0 Å². The van der Waals surface area contributed by atoms with E-state index >= 15 is 0 Å². The molecule has 0 spiro atoms. The lowest BCUT2D eigenvalue weighted by Gasteiger charge is -2.18. The van der Waals surface area contributed by atoms with Crippen molar-refractivity contribution in [1.82, 2.24) is 20.8 Å². The van der Waals surface area contributed by atoms with Crippen LogP contribution in [0.3, 0.4) is 0 Å². The number of rotatable bonds is 9. The Hall–Kier alpha value is -1.84. The van der Waals surface area contributed by atoms with Gasteiger partial charge in [0.05, 0.1) is 6.54 Å². The summed E-state index contributed by atoms with van der Waals surface area (Å²) in [5, 5.41) is 10.6. The summed E-state index contributed by atoms with van der Waals surface area (Å²) in [6.07, 6.45) is 1.66. The first-order chi connectivity index (χ1) is 13.0. The fourth-order valence-corrected chi connectivity index (χ4v) is 2.46. The van der Waals surface area contributed by atoms with Crippen molar-refractivity contribution >= 4 is 29.9 Å². The number of para-hydroxylation sites is 1. The lowest BCUT2D eigenvalue weighted by Crippen LogP contribution is -2.42. The van der Waals surface area contributed by atoms with E-state index in [1.165, 1.54) is 0 Å². The molecule has 0 amide bonds. The van der Waals surface area contributed by atoms with Gasteiger partial charge in [-0.15, -0.1) is 24.0 Å². The molecule has 156 valence electrons. The van der Waals surface area contributed by atoms with Gasteiger partial charge < -0.3 is 19.9 Å². The smallest absolute Gasteiger partial charge is 0.226 e. The molecule has 0 radical (unpaired) electrons. The topological polar surface area (TPSA) is 84.6 Å². The molecular weight excluding hydrogens is 469 g/mol. The van der Waals surface area contributed by atoms with Gasteiger partial charge in [0.1, 0.15) is 11.9 Å². The number of benzene rings is 1. The maximum Gasteiger partial charge on any atom is 0.226 e. The number of aromatic nitrogens is 2. The highest BCUT2D eigenvalue weighted by molar-refractivity contribution is 14.0. The van der Waals surface area contributed by atoms with Crippen LogP contribution in [-0.2, 0) is 6.42 Å². The highest BCUT2D eigenvalue weighted by Crippen LogP contribution is 2.17. The number of ether oxygens (including phenoxy) is 1. The van der Waals surface area contributed by atoms with E-state index in [1.807, 2.05) is 38.1 Å². The molecule has 2 N–H and O–H groups in total. The van der Waals surface area contributed by atoms with Crippen molar-refractivity contribution in [1.29, 1.82) is 0 Å². The molecule has 2 aromatic rings. The Labute approximate surface area is 184 Å². The van der Waals surface area contributed by atoms with Gasteiger partial charge in [0.15, 0.2) is 11.8 Å². The van der Waals surface area contributed by atoms with Crippen LogP contribution in [0.1, 0.15) is 50.4 Å². The third kappa shape index (κ3) is 8.04. The van der Waals surface area contributed by atoms with E-state index in [2.05, 4.69) is 39.6 Å². The second kappa shape index (κ2) is 12.6. The fourth-order valence-electron chi connectivity index (χ4n) is 2.46. The summed E-state index contributed by atoms with van der Waals surface area (Å²) < 4.78 is 11.2. The minimum absolute atomic E-state index is 0. The van der Waals surface area contributed by atoms with E-state index in [9.17, 15) is 0 Å². The molecule has 28 heavy (non-hydrogen) atoms. The molecule has 0 aliphatic heterocycles. The van der Waals surface area contributed by atoms with E-state index in [0.717, 1.165) is 42.5 Å². The SMILES string of the molecule is CN=C(NCCCc1nc(C(C)C)no1)NCC(C)Oc1ccccc1C.I. The first-order valence-electron chi connectivity index (χ1n) is 9.49. The van der Waals surface area contributed by atoms with E-state index in [0.29, 0.717) is 12.4 Å². The molecule has 7 nitrogen and oxygen atoms in total. The van der Waals surface area contributed by atoms with Crippen molar-refractivity contribution in [3.63, 3.8) is 0 Å². The molecule has 0 saturated heterocycles. The molecular formula is C20H32IN5O2. The number of nitrogens with one attached hydrogen (secondary N) is 2. The maximum atomic E-state index is 5.97. The van der Waals surface area contributed by atoms with E-state index in [1.54, 1.807) is 7.05 Å². The minimum Gasteiger partial charge on any atom is -0.489 e. The second-order valence-corrected chi connectivity index (χ2v) is 6.88. The summed E-state index contributed by atoms with van der Waals surface area (Å²) in [5.74, 6) is 3.40. The molecule has 1 aromatic heterocycles. The van der Waals surface area contributed by atoms with E-state index in [-0.39, 0.29) is 36.0 Å². The molecule has 8 heteroatoms. The highest BCUT2D eigenvalue weighted by atomic mass is 127. The zero-order valence-corrected chi connectivity index (χ0v) is 19.7. The molecule has 0 bridgehead atoms. The van der Waals surface area contributed by atoms with Crippen LogP contribution in [0.2, 0.25) is 0 Å². The summed E-state index contributed by atoms with van der Waals surface area (Å²) >= 11 is 0. The zero-order valence-electron chi connectivity index (χ0n) is 17.4. The zero-order chi connectivity index (χ0) is 19.6. The summed E-state index contributed by atoms with van der Waals surface area (Å²) in [6, 6.07) is 8.02. The van der Waals surface area contributed by atoms with Gasteiger partial charge in [0, 0.05) is 25.9 Å². The van der Waals surface area contributed by atoms with Crippen molar-refractivity contribution in [3.05, 3.63) is 41.5 Å². The largest absolute Gasteiger partial charge is 0.489 e. The lowest BCUT2D eigenvalue weighted by molar-refractivity contribution is 0.222. The van der Waals surface area contributed by atoms with Crippen LogP contribution in [0.5, 0.6) is 5.75 Å². The average molecular weight is 501 g/mol. The Balaban J connectivity index is 0.00000392. The Morgan fingerprint density at radius 2 is 1.96 bits per heavy atom. The van der Waals surface area contributed by atoms with Crippen LogP contribution in [0, 0.1) is 6.92 Å². The van der Waals surface area contributed by atoms with Crippen LogP contribution in [0.15, 0.2) is 33.8 Å². The predicted molar refractivity (Wildman–Crippen MR) is 123 cm³/mol. The van der Waals surface area contributed by atoms with Crippen molar-refractivity contribution in [3.8, 4) is 5.75 Å². The van der Waals surface area contributed by atoms with E-state index < -0.39 is 0 Å². The summed E-state index contributed by atoms with van der Waals surface area (Å²) in [4.78, 5) is 8.63. The van der Waals surface area contributed by atoms with E-state index in [4.69, 9.17) is 9.26 Å². The predicted octanol–water partition coefficient (Wildman–Crippen LogP) is 3.68. The van der Waals surface area contributed by atoms with Gasteiger partial charge >= 0.3 is 0 Å². The molecule has 1 unspecified atom stereocenters. The van der Waals surface area contributed by atoms with Crippen molar-refractivity contribution < 1.29 is 9.26 Å². The molecule has 0 aliphatic rings. The molecule has 1 atom stereocenters. The number of guanidine groups is 1. The fraction of sp³-hybridized carbons (Fsp3) is 0.550. The van der Waals surface area contributed by atoms with Crippen LogP contribution in [0.4, 0.5) is 0 Å². The van der Waals surface area contributed by atoms with Crippen LogP contribution < -0.4 is 15.4 Å². The number of hydrogen-bond acceptors (Lipinski definition) is 5. The minimum atomic E-state index is 0. The molecule has 0 saturated carbocycles. The van der Waals surface area contributed by atoms with Gasteiger partial charge in [-0.25, -0.2) is 0 Å². The first-order valence-corrected chi connectivity index (χ1v) is 9.49. The first kappa shape index (κ1) is 24.2. The molecule has 2 rings (SSSR count). The second-order valence-electron chi connectivity index (χ2n) is 6.88. The Morgan fingerprint density at radius 1 is 1.21 bits per heavy atom. The summed E-state index contributed by atoms with van der Waals surface area (Å²) in [6.45, 7) is 9.62. The monoisotopic (exact) mass is 501 g/mol. The lowest BCUT2D eigenvalue weighted by atomic mass is 10.2. The highest BCUT2D eigenvalue weighted by Gasteiger charge is 2.10. The average Bonchev–Trinajstić information content (AvgIpc) is 3.12. The Kier molecular flexibility index (Phi) is 10.9. The standard InChI is InChI=1S/C20H31N5O2.HI/c1-14(2)19-24-18(27-25-19)11-8-12-22-20(21-5)23-13-16(4)26-17-10-7-6-9-15(17)3;/h6-7,9-10,14,16H,8,11-13H2,1-5H3,(H2,21,22,23);1H. The van der Waals surface area contributed by atoms with Crippen molar-refractivity contribution in [2.45, 2.75) is 52.6 Å². The van der Waals surface area contributed by atoms with Gasteiger partial charge in [0.25, 0.3) is 0 Å². The molecule has 1 heterocycles. The normalized spacial score (nSPS) is 12.4. The van der Waals surface area contributed by atoms with Crippen LogP contribution in [0.25, 0.3) is 0 Å². The van der Waals surface area contributed by atoms with Gasteiger partial charge in [0.2, 0.25) is 5.89 Å². The molecule has 0 aliphatic carbocycles. The van der Waals surface area contributed by atoms with Crippen molar-refractivity contribution in [2.24, 2.45) is 4.99 Å². The third-order valence-electron chi connectivity index (χ3n) is 4.06. The maximum absolute atomic E-state index is 5.97. The van der Waals surface area contributed by atoms with Crippen LogP contribution in [-0.4, -0.2) is 42.3 Å². The summed E-state index contributed by atoms with van der Waals surface area (Å²) in [7, 11) is 1.76. The third-order valence-corrected chi connectivity index (χ3v) is 4.06.